The van der Waals surface area contributed by atoms with E-state index in [4.69, 9.17) is 5.73 Å². The van der Waals surface area contributed by atoms with E-state index < -0.39 is 0 Å². The highest BCUT2D eigenvalue weighted by atomic mass is 16.1. The summed E-state index contributed by atoms with van der Waals surface area (Å²) in [6.45, 7) is 0. The van der Waals surface area contributed by atoms with E-state index in [0.717, 1.165) is 5.69 Å². The molecule has 0 heterocycles. The van der Waals surface area contributed by atoms with Crippen molar-refractivity contribution in [3.05, 3.63) is 24.3 Å². The number of nitrogen functional groups attached to an aromatic ring is 1. The standard InChI is InChI=1S/C14H20N2O/c15-12-8-4-5-9-13(12)16-14(17)10-11-6-2-1-3-7-11/h4-5,8-9,11H,1-3,6-7,10,15H2,(H,16,17). The summed E-state index contributed by atoms with van der Waals surface area (Å²) in [7, 11) is 0. The van der Waals surface area contributed by atoms with Crippen molar-refractivity contribution in [2.75, 3.05) is 11.1 Å². The molecule has 3 nitrogen and oxygen atoms in total. The third-order valence-corrected chi connectivity index (χ3v) is 3.43. The third-order valence-electron chi connectivity index (χ3n) is 3.43. The van der Waals surface area contributed by atoms with Crippen LogP contribution in [-0.2, 0) is 4.79 Å². The predicted molar refractivity (Wildman–Crippen MR) is 70.7 cm³/mol. The molecule has 1 aromatic carbocycles. The Morgan fingerprint density at radius 1 is 1.24 bits per heavy atom. The fourth-order valence-corrected chi connectivity index (χ4v) is 2.47. The summed E-state index contributed by atoms with van der Waals surface area (Å²) in [6, 6.07) is 7.39. The van der Waals surface area contributed by atoms with Crippen molar-refractivity contribution in [1.82, 2.24) is 0 Å². The van der Waals surface area contributed by atoms with E-state index in [1.807, 2.05) is 18.2 Å². The van der Waals surface area contributed by atoms with E-state index in [2.05, 4.69) is 5.32 Å². The highest BCUT2D eigenvalue weighted by Gasteiger charge is 2.17. The fraction of sp³-hybridized carbons (Fsp3) is 0.500. The van der Waals surface area contributed by atoms with E-state index in [1.165, 1.54) is 32.1 Å². The minimum atomic E-state index is 0.0924. The summed E-state index contributed by atoms with van der Waals surface area (Å²) in [5.41, 5.74) is 7.15. The molecule has 1 amide bonds. The van der Waals surface area contributed by atoms with Crippen LogP contribution in [0.2, 0.25) is 0 Å². The molecule has 0 aliphatic heterocycles. The van der Waals surface area contributed by atoms with Crippen molar-refractivity contribution in [2.45, 2.75) is 38.5 Å². The van der Waals surface area contributed by atoms with E-state index >= 15 is 0 Å². The van der Waals surface area contributed by atoms with Gasteiger partial charge in [-0.15, -0.1) is 0 Å². The molecule has 1 aliphatic rings. The zero-order valence-electron chi connectivity index (χ0n) is 10.1. The molecule has 0 radical (unpaired) electrons. The Morgan fingerprint density at radius 2 is 1.94 bits per heavy atom. The van der Waals surface area contributed by atoms with E-state index in [9.17, 15) is 4.79 Å². The highest BCUT2D eigenvalue weighted by Crippen LogP contribution is 2.27. The number of rotatable bonds is 3. The van der Waals surface area contributed by atoms with Gasteiger partial charge in [-0.05, 0) is 30.9 Å². The van der Waals surface area contributed by atoms with Gasteiger partial charge in [0.15, 0.2) is 0 Å². The first-order chi connectivity index (χ1) is 8.25. The Kier molecular flexibility index (Phi) is 4.02. The van der Waals surface area contributed by atoms with Gasteiger partial charge in [0, 0.05) is 6.42 Å². The first-order valence-corrected chi connectivity index (χ1v) is 6.40. The van der Waals surface area contributed by atoms with Crippen molar-refractivity contribution in [1.29, 1.82) is 0 Å². The monoisotopic (exact) mass is 232 g/mol. The number of hydrogen-bond donors (Lipinski definition) is 2. The number of carbonyl (C=O) groups is 1. The minimum Gasteiger partial charge on any atom is -0.397 e. The number of amides is 1. The van der Waals surface area contributed by atoms with Gasteiger partial charge in [0.05, 0.1) is 11.4 Å². The average molecular weight is 232 g/mol. The van der Waals surface area contributed by atoms with Crippen LogP contribution in [0.5, 0.6) is 0 Å². The van der Waals surface area contributed by atoms with Gasteiger partial charge in [-0.1, -0.05) is 31.4 Å². The van der Waals surface area contributed by atoms with Crippen LogP contribution in [0.25, 0.3) is 0 Å². The number of para-hydroxylation sites is 2. The smallest absolute Gasteiger partial charge is 0.224 e. The third kappa shape index (κ3) is 3.48. The summed E-state index contributed by atoms with van der Waals surface area (Å²) in [5.74, 6) is 0.656. The van der Waals surface area contributed by atoms with Crippen LogP contribution in [-0.4, -0.2) is 5.91 Å². The van der Waals surface area contributed by atoms with Gasteiger partial charge >= 0.3 is 0 Å². The second-order valence-electron chi connectivity index (χ2n) is 4.84. The van der Waals surface area contributed by atoms with Crippen LogP contribution in [0, 0.1) is 5.92 Å². The second-order valence-corrected chi connectivity index (χ2v) is 4.84. The predicted octanol–water partition coefficient (Wildman–Crippen LogP) is 3.18. The SMILES string of the molecule is Nc1ccccc1NC(=O)CC1CCCCC1. The average Bonchev–Trinajstić information content (AvgIpc) is 2.33. The number of hydrogen-bond acceptors (Lipinski definition) is 2. The Morgan fingerprint density at radius 3 is 2.65 bits per heavy atom. The molecule has 0 bridgehead atoms. The maximum Gasteiger partial charge on any atom is 0.224 e. The van der Waals surface area contributed by atoms with Gasteiger partial charge in [0.2, 0.25) is 5.91 Å². The quantitative estimate of drug-likeness (QED) is 0.786. The molecule has 17 heavy (non-hydrogen) atoms. The Bertz CT molecular complexity index is 384. The fourth-order valence-electron chi connectivity index (χ4n) is 2.47. The first kappa shape index (κ1) is 12.0. The normalized spacial score (nSPS) is 16.7. The summed E-state index contributed by atoms with van der Waals surface area (Å²) in [6.07, 6.45) is 6.88. The van der Waals surface area contributed by atoms with Crippen LogP contribution in [0.4, 0.5) is 11.4 Å². The molecule has 3 N–H and O–H groups in total. The first-order valence-electron chi connectivity index (χ1n) is 6.40. The van der Waals surface area contributed by atoms with Crippen LogP contribution in [0.15, 0.2) is 24.3 Å². The summed E-state index contributed by atoms with van der Waals surface area (Å²) < 4.78 is 0. The summed E-state index contributed by atoms with van der Waals surface area (Å²) in [5, 5.41) is 2.89. The molecule has 0 spiro atoms. The highest BCUT2D eigenvalue weighted by molar-refractivity contribution is 5.93. The van der Waals surface area contributed by atoms with Gasteiger partial charge in [-0.3, -0.25) is 4.79 Å². The molecular weight excluding hydrogens is 212 g/mol. The Balaban J connectivity index is 1.86. The van der Waals surface area contributed by atoms with Crippen molar-refractivity contribution in [3.63, 3.8) is 0 Å². The lowest BCUT2D eigenvalue weighted by Gasteiger charge is -2.21. The molecule has 1 saturated carbocycles. The Labute approximate surface area is 102 Å². The molecule has 1 fully saturated rings. The number of carbonyl (C=O) groups excluding carboxylic acids is 1. The van der Waals surface area contributed by atoms with Gasteiger partial charge in [-0.25, -0.2) is 0 Å². The van der Waals surface area contributed by atoms with Gasteiger partial charge in [0.1, 0.15) is 0 Å². The van der Waals surface area contributed by atoms with E-state index in [1.54, 1.807) is 6.07 Å². The number of nitrogens with one attached hydrogen (secondary N) is 1. The van der Waals surface area contributed by atoms with E-state index in [0.29, 0.717) is 18.0 Å². The molecule has 1 aromatic rings. The van der Waals surface area contributed by atoms with Crippen LogP contribution < -0.4 is 11.1 Å². The lowest BCUT2D eigenvalue weighted by atomic mass is 9.87. The lowest BCUT2D eigenvalue weighted by molar-refractivity contribution is -0.117. The number of benzene rings is 1. The van der Waals surface area contributed by atoms with Gasteiger partial charge < -0.3 is 11.1 Å². The largest absolute Gasteiger partial charge is 0.397 e. The van der Waals surface area contributed by atoms with Crippen molar-refractivity contribution >= 4 is 17.3 Å². The molecule has 0 aromatic heterocycles. The van der Waals surface area contributed by atoms with Crippen molar-refractivity contribution in [3.8, 4) is 0 Å². The number of anilines is 2. The lowest BCUT2D eigenvalue weighted by Crippen LogP contribution is -2.18. The van der Waals surface area contributed by atoms with Crippen LogP contribution in [0.3, 0.4) is 0 Å². The molecule has 92 valence electrons. The zero-order chi connectivity index (χ0) is 12.1. The molecule has 1 aliphatic carbocycles. The zero-order valence-corrected chi connectivity index (χ0v) is 10.1. The number of nitrogens with two attached hydrogens (primary N) is 1. The van der Waals surface area contributed by atoms with Gasteiger partial charge in [0.25, 0.3) is 0 Å². The molecule has 2 rings (SSSR count). The second kappa shape index (κ2) is 5.71. The topological polar surface area (TPSA) is 55.1 Å². The maximum atomic E-state index is 11.9. The molecular formula is C14H20N2O. The van der Waals surface area contributed by atoms with Gasteiger partial charge in [-0.2, -0.15) is 0 Å². The molecule has 0 atom stereocenters. The summed E-state index contributed by atoms with van der Waals surface area (Å²) >= 11 is 0. The Hall–Kier alpha value is -1.51. The molecule has 3 heteroatoms. The molecule has 0 unspecified atom stereocenters. The van der Waals surface area contributed by atoms with E-state index in [-0.39, 0.29) is 5.91 Å². The maximum absolute atomic E-state index is 11.9. The van der Waals surface area contributed by atoms with Crippen molar-refractivity contribution < 1.29 is 4.79 Å². The summed E-state index contributed by atoms with van der Waals surface area (Å²) in [4.78, 5) is 11.9. The van der Waals surface area contributed by atoms with Crippen LogP contribution in [0.1, 0.15) is 38.5 Å². The minimum absolute atomic E-state index is 0.0924. The van der Waals surface area contributed by atoms with Crippen molar-refractivity contribution in [2.24, 2.45) is 5.92 Å². The van der Waals surface area contributed by atoms with Crippen LogP contribution >= 0.6 is 0 Å². The molecule has 0 saturated heterocycles.